The fourth-order valence-electron chi connectivity index (χ4n) is 3.58. The van der Waals surface area contributed by atoms with Crippen LogP contribution >= 0.6 is 0 Å². The number of aryl methyl sites for hydroxylation is 1. The van der Waals surface area contributed by atoms with Crippen LogP contribution in [0.15, 0.2) is 12.1 Å². The predicted octanol–water partition coefficient (Wildman–Crippen LogP) is 3.33. The molecule has 27 heavy (non-hydrogen) atoms. The number of hydrogen-bond donors (Lipinski definition) is 3. The minimum atomic E-state index is -0.0847. The molecule has 3 rings (SSSR count). The van der Waals surface area contributed by atoms with Gasteiger partial charge in [0.25, 0.3) is 0 Å². The molecule has 2 aliphatic heterocycles. The van der Waals surface area contributed by atoms with E-state index in [1.807, 2.05) is 19.1 Å². The molecule has 0 bridgehead atoms. The first-order chi connectivity index (χ1) is 13.1. The number of rotatable bonds is 9. The largest absolute Gasteiger partial charge is 0.454 e. The van der Waals surface area contributed by atoms with Crippen LogP contribution in [0.2, 0.25) is 0 Å². The fraction of sp³-hybridized carbons (Fsp3) is 0.600. The molecule has 0 spiro atoms. The van der Waals surface area contributed by atoms with Crippen molar-refractivity contribution in [1.82, 2.24) is 10.6 Å². The molecular weight excluding hydrogens is 346 g/mol. The van der Waals surface area contributed by atoms with Gasteiger partial charge in [0, 0.05) is 24.2 Å². The minimum Gasteiger partial charge on any atom is -0.454 e. The van der Waals surface area contributed by atoms with E-state index in [1.54, 1.807) is 0 Å². The number of hydrogen-bond acceptors (Lipinski definition) is 4. The monoisotopic (exact) mass is 375 g/mol. The van der Waals surface area contributed by atoms with E-state index < -0.39 is 0 Å². The van der Waals surface area contributed by atoms with Crippen molar-refractivity contribution >= 4 is 17.6 Å². The topological polar surface area (TPSA) is 88.7 Å². The lowest BCUT2D eigenvalue weighted by atomic mass is 10.0. The summed E-state index contributed by atoms with van der Waals surface area (Å²) in [6, 6.07) is 4.11. The Balaban J connectivity index is 1.42. The molecule has 7 nitrogen and oxygen atoms in total. The number of urea groups is 1. The van der Waals surface area contributed by atoms with Gasteiger partial charge in [0.05, 0.1) is 6.04 Å². The number of amides is 3. The van der Waals surface area contributed by atoms with Crippen molar-refractivity contribution in [3.8, 4) is 11.5 Å². The number of anilines is 1. The highest BCUT2D eigenvalue weighted by molar-refractivity contribution is 5.92. The molecule has 1 saturated heterocycles. The number of carbonyl (C=O) groups excluding carboxylic acids is 2. The zero-order chi connectivity index (χ0) is 19.2. The summed E-state index contributed by atoms with van der Waals surface area (Å²) in [5.74, 6) is 1.46. The summed E-state index contributed by atoms with van der Waals surface area (Å²) >= 11 is 0. The Morgan fingerprint density at radius 2 is 1.96 bits per heavy atom. The minimum absolute atomic E-state index is 0.0235. The van der Waals surface area contributed by atoms with Crippen molar-refractivity contribution in [2.75, 3.05) is 12.1 Å². The van der Waals surface area contributed by atoms with Crippen LogP contribution in [-0.2, 0) is 11.2 Å². The van der Waals surface area contributed by atoms with Crippen molar-refractivity contribution in [2.45, 2.75) is 70.9 Å². The molecule has 148 valence electrons. The Labute approximate surface area is 160 Å². The first-order valence-corrected chi connectivity index (χ1v) is 9.86. The lowest BCUT2D eigenvalue weighted by Gasteiger charge is -2.14. The van der Waals surface area contributed by atoms with Crippen molar-refractivity contribution in [2.24, 2.45) is 0 Å². The molecule has 0 aromatic heterocycles. The summed E-state index contributed by atoms with van der Waals surface area (Å²) in [6.07, 6.45) is 6.10. The molecule has 0 saturated carbocycles. The van der Waals surface area contributed by atoms with Gasteiger partial charge in [-0.15, -0.1) is 0 Å². The van der Waals surface area contributed by atoms with Gasteiger partial charge >= 0.3 is 6.03 Å². The van der Waals surface area contributed by atoms with Crippen LogP contribution in [0.5, 0.6) is 11.5 Å². The summed E-state index contributed by atoms with van der Waals surface area (Å²) in [7, 11) is 0. The molecular formula is C20H29N3O4. The van der Waals surface area contributed by atoms with Crippen LogP contribution in [0.3, 0.4) is 0 Å². The summed E-state index contributed by atoms with van der Waals surface area (Å²) in [6.45, 7) is 4.35. The summed E-state index contributed by atoms with van der Waals surface area (Å²) in [5.41, 5.74) is 1.90. The van der Waals surface area contributed by atoms with E-state index in [9.17, 15) is 9.59 Å². The van der Waals surface area contributed by atoms with Crippen LogP contribution in [0.4, 0.5) is 10.5 Å². The molecule has 1 fully saturated rings. The van der Waals surface area contributed by atoms with Crippen LogP contribution in [0, 0.1) is 0 Å². The fourth-order valence-corrected chi connectivity index (χ4v) is 3.58. The van der Waals surface area contributed by atoms with E-state index in [4.69, 9.17) is 9.47 Å². The highest BCUT2D eigenvalue weighted by Crippen LogP contribution is 2.37. The maximum Gasteiger partial charge on any atom is 0.315 e. The lowest BCUT2D eigenvalue weighted by Crippen LogP contribution is -2.30. The second kappa shape index (κ2) is 8.97. The van der Waals surface area contributed by atoms with E-state index in [0.29, 0.717) is 12.2 Å². The number of carbonyl (C=O) groups is 2. The first kappa shape index (κ1) is 19.3. The van der Waals surface area contributed by atoms with Crippen molar-refractivity contribution < 1.29 is 19.1 Å². The summed E-state index contributed by atoms with van der Waals surface area (Å²) in [5, 5.41) is 8.80. The third kappa shape index (κ3) is 5.05. The van der Waals surface area contributed by atoms with E-state index in [1.165, 1.54) is 0 Å². The lowest BCUT2D eigenvalue weighted by molar-refractivity contribution is -0.116. The number of benzene rings is 1. The summed E-state index contributed by atoms with van der Waals surface area (Å²) in [4.78, 5) is 23.6. The number of ether oxygens (including phenoxy) is 2. The van der Waals surface area contributed by atoms with Gasteiger partial charge in [-0.2, -0.15) is 0 Å². The molecule has 2 heterocycles. The van der Waals surface area contributed by atoms with Gasteiger partial charge < -0.3 is 25.4 Å². The van der Waals surface area contributed by atoms with Gasteiger partial charge in [-0.25, -0.2) is 4.79 Å². The molecule has 2 atom stereocenters. The molecule has 3 amide bonds. The van der Waals surface area contributed by atoms with Gasteiger partial charge in [-0.3, -0.25) is 4.79 Å². The third-order valence-corrected chi connectivity index (χ3v) is 5.09. The molecule has 0 unspecified atom stereocenters. The first-order valence-electron chi connectivity index (χ1n) is 9.86. The van der Waals surface area contributed by atoms with Gasteiger partial charge in [0.2, 0.25) is 12.7 Å². The predicted molar refractivity (Wildman–Crippen MR) is 103 cm³/mol. The highest BCUT2D eigenvalue weighted by atomic mass is 16.7. The van der Waals surface area contributed by atoms with Crippen molar-refractivity contribution in [3.05, 3.63) is 17.7 Å². The molecule has 2 aliphatic rings. The normalized spacial score (nSPS) is 20.3. The molecule has 7 heteroatoms. The third-order valence-electron chi connectivity index (χ3n) is 5.09. The number of fused-ring (bicyclic) bond motifs is 1. The second-order valence-electron chi connectivity index (χ2n) is 7.27. The van der Waals surface area contributed by atoms with E-state index in [-0.39, 0.29) is 30.8 Å². The maximum absolute atomic E-state index is 12.3. The molecule has 1 aromatic carbocycles. The average molecular weight is 375 g/mol. The SMILES string of the molecule is CCCc1cc2c(cc1NC(=O)CCCCC[C@H]1NC(=O)N[C@H]1C)OCO2. The zero-order valence-corrected chi connectivity index (χ0v) is 16.1. The van der Waals surface area contributed by atoms with E-state index >= 15 is 0 Å². The maximum atomic E-state index is 12.3. The quantitative estimate of drug-likeness (QED) is 0.578. The molecule has 0 aliphatic carbocycles. The van der Waals surface area contributed by atoms with Crippen LogP contribution < -0.4 is 25.4 Å². The second-order valence-corrected chi connectivity index (χ2v) is 7.27. The van der Waals surface area contributed by atoms with Crippen molar-refractivity contribution in [3.63, 3.8) is 0 Å². The van der Waals surface area contributed by atoms with Gasteiger partial charge in [0.1, 0.15) is 0 Å². The van der Waals surface area contributed by atoms with E-state index in [2.05, 4.69) is 22.9 Å². The van der Waals surface area contributed by atoms with E-state index in [0.717, 1.165) is 55.5 Å². The standard InChI is InChI=1S/C20H29N3O4/c1-3-7-14-10-17-18(27-12-26-17)11-16(14)22-19(24)9-6-4-5-8-15-13(2)21-20(25)23-15/h10-11,13,15H,3-9,12H2,1-2H3,(H,22,24)(H2,21,23,25)/t13-,15+/m0/s1. The molecule has 1 aromatic rings. The highest BCUT2D eigenvalue weighted by Gasteiger charge is 2.26. The Kier molecular flexibility index (Phi) is 6.42. The molecule has 3 N–H and O–H groups in total. The number of nitrogens with one attached hydrogen (secondary N) is 3. The van der Waals surface area contributed by atoms with Crippen LogP contribution in [0.1, 0.15) is 57.9 Å². The summed E-state index contributed by atoms with van der Waals surface area (Å²) < 4.78 is 10.9. The van der Waals surface area contributed by atoms with Crippen LogP contribution in [0.25, 0.3) is 0 Å². The average Bonchev–Trinajstić information content (AvgIpc) is 3.20. The Morgan fingerprint density at radius 1 is 1.19 bits per heavy atom. The Morgan fingerprint density at radius 3 is 2.67 bits per heavy atom. The zero-order valence-electron chi connectivity index (χ0n) is 16.1. The van der Waals surface area contributed by atoms with Crippen molar-refractivity contribution in [1.29, 1.82) is 0 Å². The Hall–Kier alpha value is -2.44. The van der Waals surface area contributed by atoms with Crippen LogP contribution in [-0.4, -0.2) is 30.8 Å². The van der Waals surface area contributed by atoms with Gasteiger partial charge in [0.15, 0.2) is 11.5 Å². The van der Waals surface area contributed by atoms with Gasteiger partial charge in [-0.05, 0) is 37.8 Å². The number of unbranched alkanes of at least 4 members (excludes halogenated alkanes) is 2. The smallest absolute Gasteiger partial charge is 0.315 e. The molecule has 0 radical (unpaired) electrons. The van der Waals surface area contributed by atoms with Gasteiger partial charge in [-0.1, -0.05) is 26.2 Å². The Bertz CT molecular complexity index is 692.